The number of pyridine rings is 2. The predicted molar refractivity (Wildman–Crippen MR) is 237 cm³/mol. The Morgan fingerprint density at radius 2 is 1.14 bits per heavy atom. The van der Waals surface area contributed by atoms with E-state index in [4.69, 9.17) is 19.4 Å². The van der Waals surface area contributed by atoms with Crippen LogP contribution in [0.15, 0.2) is 197 Å². The van der Waals surface area contributed by atoms with Gasteiger partial charge in [-0.25, -0.2) is 9.97 Å². The van der Waals surface area contributed by atoms with E-state index in [0.717, 1.165) is 88.4 Å². The molecule has 0 N–H and O–H groups in total. The molecule has 0 saturated heterocycles. The van der Waals surface area contributed by atoms with E-state index in [2.05, 4.69) is 126 Å². The fourth-order valence-electron chi connectivity index (χ4n) is 7.80. The van der Waals surface area contributed by atoms with Gasteiger partial charge in [0.2, 0.25) is 0 Å². The van der Waals surface area contributed by atoms with E-state index >= 15 is 0 Å². The van der Waals surface area contributed by atoms with Crippen LogP contribution in [0.4, 0.5) is 0 Å². The molecule has 11 rings (SSSR count). The van der Waals surface area contributed by atoms with Gasteiger partial charge in [0.1, 0.15) is 11.2 Å². The number of furan rings is 1. The minimum atomic E-state index is 0.628. The summed E-state index contributed by atoms with van der Waals surface area (Å²) in [6, 6.07) is 57.0. The summed E-state index contributed by atoms with van der Waals surface area (Å²) in [4.78, 5) is 21.9. The van der Waals surface area contributed by atoms with Crippen LogP contribution in [0, 0.1) is 0 Å². The van der Waals surface area contributed by atoms with E-state index in [1.54, 1.807) is 18.0 Å². The highest BCUT2D eigenvalue weighted by Gasteiger charge is 2.21. The average molecular weight is 761 g/mol. The van der Waals surface area contributed by atoms with Gasteiger partial charge >= 0.3 is 0 Å². The van der Waals surface area contributed by atoms with Gasteiger partial charge in [-0.1, -0.05) is 127 Å². The zero-order chi connectivity index (χ0) is 38.4. The predicted octanol–water partition coefficient (Wildman–Crippen LogP) is 13.8. The van der Waals surface area contributed by atoms with Gasteiger partial charge in [0.15, 0.2) is 5.82 Å². The molecule has 58 heavy (non-hydrogen) atoms. The number of hydrogen-bond acceptors (Lipinski definition) is 6. The second kappa shape index (κ2) is 14.3. The first kappa shape index (κ1) is 33.9. The normalized spacial score (nSPS) is 12.6. The third-order valence-corrected chi connectivity index (χ3v) is 11.8. The standard InChI is InChI=1S/C52H32N4OS/c1-2-12-35(13-3-1)46-30-47(38-24-25-45(54-32-38)37-14-10-26-53-31-37)56-52(55-46)36-23-22-34-21-20-33-11-4-5-15-39(33)41-17-7-9-19-50(41)58-51-29-43-40-16-6-8-18-48(40)57-49(43)28-44(51)42(34)27-36/h1-32H/b21-20-. The molecule has 5 nitrogen and oxygen atoms in total. The van der Waals surface area contributed by atoms with Crippen molar-refractivity contribution in [2.75, 3.05) is 0 Å². The van der Waals surface area contributed by atoms with Gasteiger partial charge in [-0.05, 0) is 94.0 Å². The van der Waals surface area contributed by atoms with Crippen molar-refractivity contribution in [2.45, 2.75) is 9.79 Å². The van der Waals surface area contributed by atoms with Crippen LogP contribution in [-0.4, -0.2) is 19.9 Å². The molecule has 0 unspecified atom stereocenters. The molecule has 0 fully saturated rings. The van der Waals surface area contributed by atoms with E-state index in [9.17, 15) is 0 Å². The largest absolute Gasteiger partial charge is 0.456 e. The molecule has 0 aliphatic carbocycles. The molecule has 4 aromatic heterocycles. The van der Waals surface area contributed by atoms with Gasteiger partial charge < -0.3 is 4.42 Å². The average Bonchev–Trinajstić information content (AvgIpc) is 3.65. The summed E-state index contributed by atoms with van der Waals surface area (Å²) in [6.45, 7) is 0. The van der Waals surface area contributed by atoms with Crippen molar-refractivity contribution in [1.82, 2.24) is 19.9 Å². The summed E-state index contributed by atoms with van der Waals surface area (Å²) >= 11 is 1.79. The molecule has 10 aromatic rings. The highest BCUT2D eigenvalue weighted by Crippen LogP contribution is 2.47. The Morgan fingerprint density at radius 3 is 1.98 bits per heavy atom. The summed E-state index contributed by atoms with van der Waals surface area (Å²) in [6.07, 6.45) is 9.93. The van der Waals surface area contributed by atoms with Crippen molar-refractivity contribution in [3.05, 3.63) is 194 Å². The first-order valence-electron chi connectivity index (χ1n) is 19.2. The Morgan fingerprint density at radius 1 is 0.414 bits per heavy atom. The van der Waals surface area contributed by atoms with Crippen LogP contribution < -0.4 is 0 Å². The zero-order valence-electron chi connectivity index (χ0n) is 31.1. The van der Waals surface area contributed by atoms with Gasteiger partial charge in [0.05, 0.1) is 17.1 Å². The lowest BCUT2D eigenvalue weighted by atomic mass is 9.94. The van der Waals surface area contributed by atoms with Crippen LogP contribution in [-0.2, 0) is 0 Å². The highest BCUT2D eigenvalue weighted by molar-refractivity contribution is 7.99. The molecule has 1 aliphatic rings. The third-order valence-electron chi connectivity index (χ3n) is 10.7. The minimum absolute atomic E-state index is 0.628. The Kier molecular flexibility index (Phi) is 8.34. The number of benzene rings is 6. The lowest BCUT2D eigenvalue weighted by Crippen LogP contribution is -1.97. The summed E-state index contributed by atoms with van der Waals surface area (Å²) in [7, 11) is 0. The number of para-hydroxylation sites is 1. The highest BCUT2D eigenvalue weighted by atomic mass is 32.2. The number of nitrogens with zero attached hydrogens (tertiary/aromatic N) is 4. The molecule has 0 radical (unpaired) electrons. The maximum Gasteiger partial charge on any atom is 0.160 e. The fourth-order valence-corrected chi connectivity index (χ4v) is 8.92. The van der Waals surface area contributed by atoms with E-state index in [1.807, 2.05) is 67.0 Å². The lowest BCUT2D eigenvalue weighted by Gasteiger charge is -2.16. The Hall–Kier alpha value is -7.41. The maximum atomic E-state index is 6.53. The maximum absolute atomic E-state index is 6.53. The molecule has 0 atom stereocenters. The van der Waals surface area contributed by atoms with E-state index < -0.39 is 0 Å². The number of aromatic nitrogens is 4. The van der Waals surface area contributed by atoms with Gasteiger partial charge in [0.25, 0.3) is 0 Å². The molecule has 0 saturated carbocycles. The van der Waals surface area contributed by atoms with Crippen LogP contribution in [0.5, 0.6) is 0 Å². The lowest BCUT2D eigenvalue weighted by molar-refractivity contribution is 0.669. The zero-order valence-corrected chi connectivity index (χ0v) is 31.9. The molecule has 0 amide bonds. The van der Waals surface area contributed by atoms with E-state index in [0.29, 0.717) is 5.82 Å². The molecule has 5 heterocycles. The molecule has 6 heteroatoms. The molecule has 0 bridgehead atoms. The molecule has 272 valence electrons. The first-order valence-corrected chi connectivity index (χ1v) is 20.0. The smallest absolute Gasteiger partial charge is 0.160 e. The van der Waals surface area contributed by atoms with E-state index in [1.165, 1.54) is 16.0 Å². The van der Waals surface area contributed by atoms with Gasteiger partial charge in [-0.15, -0.1) is 0 Å². The quantitative estimate of drug-likeness (QED) is 0.178. The van der Waals surface area contributed by atoms with Crippen molar-refractivity contribution in [2.24, 2.45) is 0 Å². The van der Waals surface area contributed by atoms with Crippen LogP contribution in [0.25, 0.3) is 102 Å². The summed E-state index contributed by atoms with van der Waals surface area (Å²) in [5.74, 6) is 0.628. The third kappa shape index (κ3) is 6.17. The number of hydrogen-bond donors (Lipinski definition) is 0. The van der Waals surface area contributed by atoms with Crippen molar-refractivity contribution >= 4 is 45.9 Å². The first-order chi connectivity index (χ1) is 28.7. The van der Waals surface area contributed by atoms with Crippen molar-refractivity contribution in [1.29, 1.82) is 0 Å². The van der Waals surface area contributed by atoms with Crippen molar-refractivity contribution < 1.29 is 4.42 Å². The summed E-state index contributed by atoms with van der Waals surface area (Å²) < 4.78 is 6.53. The second-order valence-electron chi connectivity index (χ2n) is 14.3. The summed E-state index contributed by atoms with van der Waals surface area (Å²) in [5.41, 5.74) is 14.7. The van der Waals surface area contributed by atoms with Gasteiger partial charge in [0, 0.05) is 61.4 Å². The number of rotatable bonds is 4. The van der Waals surface area contributed by atoms with Crippen LogP contribution >= 0.6 is 11.8 Å². The van der Waals surface area contributed by atoms with E-state index in [-0.39, 0.29) is 0 Å². The van der Waals surface area contributed by atoms with Crippen LogP contribution in [0.3, 0.4) is 0 Å². The summed E-state index contributed by atoms with van der Waals surface area (Å²) in [5, 5.41) is 2.19. The van der Waals surface area contributed by atoms with Gasteiger partial charge in [-0.2, -0.15) is 0 Å². The number of fused-ring (bicyclic) bond motifs is 9. The Labute approximate surface area is 339 Å². The van der Waals surface area contributed by atoms with Gasteiger partial charge in [-0.3, -0.25) is 9.97 Å². The topological polar surface area (TPSA) is 64.7 Å². The Balaban J connectivity index is 1.13. The molecule has 0 spiro atoms. The van der Waals surface area contributed by atoms with Crippen molar-refractivity contribution in [3.8, 4) is 67.4 Å². The van der Waals surface area contributed by atoms with Crippen molar-refractivity contribution in [3.63, 3.8) is 0 Å². The van der Waals surface area contributed by atoms with Crippen LogP contribution in [0.1, 0.15) is 11.1 Å². The molecular weight excluding hydrogens is 729 g/mol. The Bertz CT molecular complexity index is 3190. The monoisotopic (exact) mass is 760 g/mol. The van der Waals surface area contributed by atoms with Crippen LogP contribution in [0.2, 0.25) is 0 Å². The fraction of sp³-hybridized carbons (Fsp3) is 0. The molecule has 6 aromatic carbocycles. The second-order valence-corrected chi connectivity index (χ2v) is 15.3. The molecular formula is C52H32N4OS. The molecule has 1 aliphatic heterocycles. The minimum Gasteiger partial charge on any atom is -0.456 e. The SMILES string of the molecule is C1=C\c2ccc(-c3nc(-c4ccccc4)cc(-c4ccc(-c5cccnc5)nc4)n3)cc2-c2cc3oc4ccccc4c3cc2Sc2ccccc2-c2ccccc2/1.